The van der Waals surface area contributed by atoms with Gasteiger partial charge in [-0.05, 0) is 57.0 Å². The van der Waals surface area contributed by atoms with Gasteiger partial charge in [-0.1, -0.05) is 133 Å². The Hall–Kier alpha value is -6.12. The molecule has 0 atom stereocenters. The Morgan fingerprint density at radius 1 is 0.283 bits per heavy atom. The van der Waals surface area contributed by atoms with Crippen molar-refractivity contribution in [1.82, 2.24) is 0 Å². The number of hydrogen-bond donors (Lipinski definition) is 0. The second-order valence-corrected chi connectivity index (χ2v) is 12.0. The van der Waals surface area contributed by atoms with Crippen molar-refractivity contribution in [1.29, 1.82) is 0 Å². The molecule has 2 nitrogen and oxygen atoms in total. The van der Waals surface area contributed by atoms with Gasteiger partial charge in [0.2, 0.25) is 0 Å². The largest absolute Gasteiger partial charge is 0.455 e. The highest BCUT2D eigenvalue weighted by molar-refractivity contribution is 6.06. The predicted molar refractivity (Wildman–Crippen MR) is 190 cm³/mol. The van der Waals surface area contributed by atoms with Crippen molar-refractivity contribution in [2.75, 3.05) is 0 Å². The minimum absolute atomic E-state index is 0.899. The van der Waals surface area contributed by atoms with Gasteiger partial charge in [-0.3, -0.25) is 0 Å². The van der Waals surface area contributed by atoms with Gasteiger partial charge in [0.25, 0.3) is 0 Å². The van der Waals surface area contributed by atoms with Crippen LogP contribution in [0, 0.1) is 0 Å². The molecule has 10 rings (SSSR count). The average molecular weight is 587 g/mol. The lowest BCUT2D eigenvalue weighted by Crippen LogP contribution is -2.05. The molecule has 2 aliphatic rings. The Kier molecular flexibility index (Phi) is 5.31. The molecular formula is C44H26O2. The molecule has 0 radical (unpaired) electrons. The molecule has 46 heavy (non-hydrogen) atoms. The average Bonchev–Trinajstić information content (AvgIpc) is 3.12. The Morgan fingerprint density at radius 3 is 0.826 bits per heavy atom. The summed E-state index contributed by atoms with van der Waals surface area (Å²) in [6.07, 6.45) is 4.56. The Bertz CT molecular complexity index is 2280. The first-order chi connectivity index (χ1) is 22.8. The van der Waals surface area contributed by atoms with E-state index < -0.39 is 0 Å². The van der Waals surface area contributed by atoms with Crippen molar-refractivity contribution < 1.29 is 9.47 Å². The molecule has 0 aliphatic carbocycles. The van der Waals surface area contributed by atoms with Crippen LogP contribution in [0.5, 0.6) is 23.0 Å². The lowest BCUT2D eigenvalue weighted by molar-refractivity contribution is 0.485. The molecular weight excluding hydrogens is 560 g/mol. The number of benzene rings is 8. The van der Waals surface area contributed by atoms with E-state index in [0.29, 0.717) is 0 Å². The SMILES string of the molecule is C(C=C1c2ccc3ccccc3c2Oc2c1ccc1ccccc21)=C1c2ccc3ccccc3c2Oc2c1ccc1ccccc21. The van der Waals surface area contributed by atoms with Gasteiger partial charge in [0.05, 0.1) is 0 Å². The van der Waals surface area contributed by atoms with E-state index in [1.54, 1.807) is 0 Å². The van der Waals surface area contributed by atoms with Crippen LogP contribution in [0.2, 0.25) is 0 Å². The summed E-state index contributed by atoms with van der Waals surface area (Å²) in [6, 6.07) is 51.4. The fraction of sp³-hybridized carbons (Fsp3) is 0. The maximum Gasteiger partial charge on any atom is 0.143 e. The van der Waals surface area contributed by atoms with Crippen LogP contribution in [-0.2, 0) is 0 Å². The zero-order valence-corrected chi connectivity index (χ0v) is 24.8. The van der Waals surface area contributed by atoms with Crippen LogP contribution in [0.4, 0.5) is 0 Å². The highest BCUT2D eigenvalue weighted by Crippen LogP contribution is 2.52. The minimum atomic E-state index is 0.899. The van der Waals surface area contributed by atoms with E-state index in [4.69, 9.17) is 9.47 Å². The van der Waals surface area contributed by atoms with E-state index in [-0.39, 0.29) is 0 Å². The molecule has 0 unspecified atom stereocenters. The summed E-state index contributed by atoms with van der Waals surface area (Å²) in [5, 5.41) is 9.08. The van der Waals surface area contributed by atoms with Gasteiger partial charge >= 0.3 is 0 Å². The molecule has 214 valence electrons. The molecule has 0 fully saturated rings. The Morgan fingerprint density at radius 2 is 0.543 bits per heavy atom. The molecule has 0 N–H and O–H groups in total. The summed E-state index contributed by atoms with van der Waals surface area (Å²) < 4.78 is 13.7. The second-order valence-electron chi connectivity index (χ2n) is 12.0. The summed E-state index contributed by atoms with van der Waals surface area (Å²) in [4.78, 5) is 0. The zero-order valence-electron chi connectivity index (χ0n) is 24.8. The van der Waals surface area contributed by atoms with Crippen LogP contribution in [0.15, 0.2) is 158 Å². The third-order valence-electron chi connectivity index (χ3n) is 9.50. The molecule has 0 amide bonds. The van der Waals surface area contributed by atoms with E-state index >= 15 is 0 Å². The van der Waals surface area contributed by atoms with Crippen molar-refractivity contribution in [2.24, 2.45) is 0 Å². The van der Waals surface area contributed by atoms with Crippen molar-refractivity contribution in [3.05, 3.63) is 180 Å². The first-order valence-electron chi connectivity index (χ1n) is 15.7. The summed E-state index contributed by atoms with van der Waals surface area (Å²) >= 11 is 0. The summed E-state index contributed by atoms with van der Waals surface area (Å²) in [6.45, 7) is 0. The molecule has 8 aromatic rings. The van der Waals surface area contributed by atoms with Gasteiger partial charge in [0.15, 0.2) is 0 Å². The molecule has 0 bridgehead atoms. The first kappa shape index (κ1) is 25.2. The third kappa shape index (κ3) is 3.65. The number of fused-ring (bicyclic) bond motifs is 12. The molecule has 2 heteroatoms. The topological polar surface area (TPSA) is 18.5 Å². The van der Waals surface area contributed by atoms with Gasteiger partial charge in [0, 0.05) is 43.8 Å². The van der Waals surface area contributed by atoms with E-state index in [9.17, 15) is 0 Å². The maximum absolute atomic E-state index is 6.85. The number of allylic oxidation sites excluding steroid dienone is 2. The lowest BCUT2D eigenvalue weighted by Gasteiger charge is -2.27. The molecule has 8 aromatic carbocycles. The number of ether oxygens (including phenoxy) is 2. The highest BCUT2D eigenvalue weighted by Gasteiger charge is 2.28. The fourth-order valence-electron chi connectivity index (χ4n) is 7.28. The highest BCUT2D eigenvalue weighted by atomic mass is 16.5. The number of rotatable bonds is 1. The van der Waals surface area contributed by atoms with Crippen LogP contribution in [0.25, 0.3) is 54.2 Å². The molecule has 0 saturated heterocycles. The summed E-state index contributed by atoms with van der Waals surface area (Å²) in [5.74, 6) is 3.60. The Labute approximate surface area is 266 Å². The van der Waals surface area contributed by atoms with Gasteiger partial charge in [-0.15, -0.1) is 0 Å². The van der Waals surface area contributed by atoms with E-state index in [2.05, 4.69) is 158 Å². The van der Waals surface area contributed by atoms with E-state index in [1.165, 1.54) is 0 Å². The van der Waals surface area contributed by atoms with Crippen LogP contribution < -0.4 is 9.47 Å². The van der Waals surface area contributed by atoms with Gasteiger partial charge < -0.3 is 9.47 Å². The minimum Gasteiger partial charge on any atom is -0.455 e. The number of hydrogen-bond acceptors (Lipinski definition) is 2. The van der Waals surface area contributed by atoms with Gasteiger partial charge in [-0.2, -0.15) is 0 Å². The maximum atomic E-state index is 6.85. The van der Waals surface area contributed by atoms with Gasteiger partial charge in [0.1, 0.15) is 23.0 Å². The molecule has 2 heterocycles. The van der Waals surface area contributed by atoms with Gasteiger partial charge in [-0.25, -0.2) is 0 Å². The Balaban J connectivity index is 1.28. The van der Waals surface area contributed by atoms with Crippen LogP contribution in [0.1, 0.15) is 22.3 Å². The lowest BCUT2D eigenvalue weighted by atomic mass is 9.87. The van der Waals surface area contributed by atoms with Crippen molar-refractivity contribution in [2.45, 2.75) is 0 Å². The summed E-state index contributed by atoms with van der Waals surface area (Å²) in [5.41, 5.74) is 6.62. The standard InChI is InChI=1S/C44H26O2/c1-5-13-31-27(9-1)17-21-37-35(38-22-18-28-10-2-6-14-32(28)42(38)45-41(31)37)25-26-36-39-23-19-29-11-3-7-15-33(29)43(39)46-44-34-16-8-4-12-30(34)20-24-40(36)44/h1-26H. The molecule has 2 aliphatic heterocycles. The normalized spacial score (nSPS) is 13.0. The zero-order chi connectivity index (χ0) is 30.2. The molecule has 0 aromatic heterocycles. The van der Waals surface area contributed by atoms with Crippen molar-refractivity contribution in [3.63, 3.8) is 0 Å². The first-order valence-corrected chi connectivity index (χ1v) is 15.7. The second kappa shape index (κ2) is 9.69. The van der Waals surface area contributed by atoms with E-state index in [1.807, 2.05) is 0 Å². The third-order valence-corrected chi connectivity index (χ3v) is 9.50. The predicted octanol–water partition coefficient (Wildman–Crippen LogP) is 12.1. The van der Waals surface area contributed by atoms with Crippen molar-refractivity contribution in [3.8, 4) is 23.0 Å². The van der Waals surface area contributed by atoms with Crippen LogP contribution in [0.3, 0.4) is 0 Å². The quantitative estimate of drug-likeness (QED) is 0.190. The molecule has 0 saturated carbocycles. The summed E-state index contributed by atoms with van der Waals surface area (Å²) in [7, 11) is 0. The van der Waals surface area contributed by atoms with Crippen LogP contribution >= 0.6 is 0 Å². The molecule has 0 spiro atoms. The van der Waals surface area contributed by atoms with Crippen molar-refractivity contribution >= 4 is 54.2 Å². The van der Waals surface area contributed by atoms with Crippen LogP contribution in [-0.4, -0.2) is 0 Å². The smallest absolute Gasteiger partial charge is 0.143 e. The fourth-order valence-corrected chi connectivity index (χ4v) is 7.28. The van der Waals surface area contributed by atoms with E-state index in [0.717, 1.165) is 99.5 Å². The monoisotopic (exact) mass is 586 g/mol.